The van der Waals surface area contributed by atoms with E-state index in [2.05, 4.69) is 16.4 Å². The summed E-state index contributed by atoms with van der Waals surface area (Å²) in [5.41, 5.74) is 2.16. The first-order chi connectivity index (χ1) is 6.24. The van der Waals surface area contributed by atoms with E-state index in [0.29, 0.717) is 6.54 Å². The van der Waals surface area contributed by atoms with E-state index in [1.807, 2.05) is 19.9 Å². The van der Waals surface area contributed by atoms with Gasteiger partial charge in [-0.3, -0.25) is 4.98 Å². The first-order valence-electron chi connectivity index (χ1n) is 4.28. The lowest BCUT2D eigenvalue weighted by Crippen LogP contribution is -2.10. The predicted octanol–water partition coefficient (Wildman–Crippen LogP) is 1.96. The van der Waals surface area contributed by atoms with E-state index in [1.165, 1.54) is 0 Å². The minimum atomic E-state index is 0.0348. The highest BCUT2D eigenvalue weighted by Crippen LogP contribution is 2.11. The second-order valence-corrected chi connectivity index (χ2v) is 3.10. The second kappa shape index (κ2) is 4.46. The molecule has 0 spiro atoms. The van der Waals surface area contributed by atoms with E-state index in [9.17, 15) is 0 Å². The summed E-state index contributed by atoms with van der Waals surface area (Å²) in [7, 11) is 0. The summed E-state index contributed by atoms with van der Waals surface area (Å²) in [4.78, 5) is 3.99. The van der Waals surface area contributed by atoms with E-state index in [-0.39, 0.29) is 5.92 Å². The van der Waals surface area contributed by atoms with Crippen molar-refractivity contribution in [1.29, 1.82) is 5.26 Å². The molecule has 1 atom stereocenters. The van der Waals surface area contributed by atoms with Crippen LogP contribution in [0.15, 0.2) is 18.5 Å². The minimum absolute atomic E-state index is 0.0348. The van der Waals surface area contributed by atoms with Gasteiger partial charge in [0, 0.05) is 24.6 Å². The molecule has 0 fully saturated rings. The topological polar surface area (TPSA) is 48.7 Å². The van der Waals surface area contributed by atoms with Gasteiger partial charge in [-0.1, -0.05) is 0 Å². The lowest BCUT2D eigenvalue weighted by Gasteiger charge is -2.09. The van der Waals surface area contributed by atoms with Gasteiger partial charge in [0.1, 0.15) is 0 Å². The highest BCUT2D eigenvalue weighted by Gasteiger charge is 2.00. The van der Waals surface area contributed by atoms with Crippen molar-refractivity contribution >= 4 is 5.69 Å². The fourth-order valence-corrected chi connectivity index (χ4v) is 0.980. The quantitative estimate of drug-likeness (QED) is 0.764. The van der Waals surface area contributed by atoms with Gasteiger partial charge >= 0.3 is 0 Å². The number of nitrogens with one attached hydrogen (secondary N) is 1. The summed E-state index contributed by atoms with van der Waals surface area (Å²) >= 11 is 0. The molecule has 0 amide bonds. The van der Waals surface area contributed by atoms with Crippen LogP contribution in [0.2, 0.25) is 0 Å². The Morgan fingerprint density at radius 1 is 1.69 bits per heavy atom. The van der Waals surface area contributed by atoms with E-state index in [0.717, 1.165) is 11.3 Å². The third kappa shape index (κ3) is 2.75. The maximum atomic E-state index is 8.58. The molecule has 1 aromatic heterocycles. The molecule has 68 valence electrons. The number of hydrogen-bond acceptors (Lipinski definition) is 3. The Balaban J connectivity index is 2.56. The molecule has 0 radical (unpaired) electrons. The van der Waals surface area contributed by atoms with Crippen molar-refractivity contribution in [3.8, 4) is 6.07 Å². The van der Waals surface area contributed by atoms with Crippen molar-refractivity contribution in [3.63, 3.8) is 0 Å². The number of nitrogens with zero attached hydrogens (tertiary/aromatic N) is 2. The summed E-state index contributed by atoms with van der Waals surface area (Å²) in [5.74, 6) is 0.0348. The molecule has 0 aliphatic carbocycles. The van der Waals surface area contributed by atoms with Gasteiger partial charge in [0.15, 0.2) is 0 Å². The molecular formula is C10H13N3. The lowest BCUT2D eigenvalue weighted by atomic mass is 10.2. The van der Waals surface area contributed by atoms with Gasteiger partial charge in [-0.25, -0.2) is 0 Å². The fourth-order valence-electron chi connectivity index (χ4n) is 0.980. The summed E-state index contributed by atoms with van der Waals surface area (Å²) in [6.45, 7) is 4.57. The van der Waals surface area contributed by atoms with Crippen molar-refractivity contribution < 1.29 is 0 Å². The van der Waals surface area contributed by atoms with Crippen molar-refractivity contribution in [3.05, 3.63) is 24.0 Å². The van der Waals surface area contributed by atoms with Crippen LogP contribution in [0.25, 0.3) is 0 Å². The molecule has 0 saturated carbocycles. The number of aryl methyl sites for hydroxylation is 1. The van der Waals surface area contributed by atoms with Gasteiger partial charge in [-0.2, -0.15) is 5.26 Å². The molecule has 3 heteroatoms. The molecule has 1 aromatic rings. The Kier molecular flexibility index (Phi) is 3.27. The molecule has 0 bridgehead atoms. The fraction of sp³-hybridized carbons (Fsp3) is 0.400. The Morgan fingerprint density at radius 3 is 3.08 bits per heavy atom. The van der Waals surface area contributed by atoms with Crippen molar-refractivity contribution in [2.45, 2.75) is 13.8 Å². The Bertz CT molecular complexity index is 314. The zero-order chi connectivity index (χ0) is 9.68. The highest BCUT2D eigenvalue weighted by atomic mass is 14.9. The van der Waals surface area contributed by atoms with E-state index < -0.39 is 0 Å². The molecule has 3 nitrogen and oxygen atoms in total. The smallest absolute Gasteiger partial charge is 0.0671 e. The molecule has 1 N–H and O–H groups in total. The Hall–Kier alpha value is -1.56. The number of nitriles is 1. The van der Waals surface area contributed by atoms with Gasteiger partial charge < -0.3 is 5.32 Å². The standard InChI is InChI=1S/C10H13N3/c1-8(5-11)6-13-10-3-4-12-7-9(10)2/h3-4,7-8H,6H2,1-2H3,(H,12,13). The first-order valence-corrected chi connectivity index (χ1v) is 4.28. The zero-order valence-electron chi connectivity index (χ0n) is 7.91. The van der Waals surface area contributed by atoms with Crippen molar-refractivity contribution in [1.82, 2.24) is 4.98 Å². The predicted molar refractivity (Wildman–Crippen MR) is 52.2 cm³/mol. The van der Waals surface area contributed by atoms with Crippen LogP contribution in [0.4, 0.5) is 5.69 Å². The highest BCUT2D eigenvalue weighted by molar-refractivity contribution is 5.48. The third-order valence-corrected chi connectivity index (χ3v) is 1.84. The van der Waals surface area contributed by atoms with E-state index in [1.54, 1.807) is 12.4 Å². The molecular weight excluding hydrogens is 162 g/mol. The Labute approximate surface area is 78.4 Å². The number of pyridine rings is 1. The third-order valence-electron chi connectivity index (χ3n) is 1.84. The van der Waals surface area contributed by atoms with Crippen LogP contribution in [0.3, 0.4) is 0 Å². The van der Waals surface area contributed by atoms with Crippen LogP contribution >= 0.6 is 0 Å². The molecule has 0 saturated heterocycles. The largest absolute Gasteiger partial charge is 0.383 e. The summed E-state index contributed by atoms with van der Waals surface area (Å²) in [6.07, 6.45) is 3.55. The van der Waals surface area contributed by atoms with Crippen LogP contribution in [0.5, 0.6) is 0 Å². The SMILES string of the molecule is Cc1cnccc1NCC(C)C#N. The molecule has 0 aliphatic heterocycles. The molecule has 0 aromatic carbocycles. The van der Waals surface area contributed by atoms with Crippen LogP contribution in [-0.4, -0.2) is 11.5 Å². The van der Waals surface area contributed by atoms with Gasteiger partial charge in [-0.05, 0) is 25.5 Å². The molecule has 1 unspecified atom stereocenters. The number of aromatic nitrogens is 1. The summed E-state index contributed by atoms with van der Waals surface area (Å²) < 4.78 is 0. The van der Waals surface area contributed by atoms with Crippen LogP contribution in [0.1, 0.15) is 12.5 Å². The van der Waals surface area contributed by atoms with Crippen molar-refractivity contribution in [2.24, 2.45) is 5.92 Å². The maximum Gasteiger partial charge on any atom is 0.0671 e. The van der Waals surface area contributed by atoms with E-state index >= 15 is 0 Å². The molecule has 13 heavy (non-hydrogen) atoms. The average molecular weight is 175 g/mol. The minimum Gasteiger partial charge on any atom is -0.383 e. The Morgan fingerprint density at radius 2 is 2.46 bits per heavy atom. The number of hydrogen-bond donors (Lipinski definition) is 1. The van der Waals surface area contributed by atoms with Crippen molar-refractivity contribution in [2.75, 3.05) is 11.9 Å². The summed E-state index contributed by atoms with van der Waals surface area (Å²) in [5, 5.41) is 11.8. The van der Waals surface area contributed by atoms with Gasteiger partial charge in [-0.15, -0.1) is 0 Å². The average Bonchev–Trinajstić information content (AvgIpc) is 2.16. The molecule has 1 heterocycles. The lowest BCUT2D eigenvalue weighted by molar-refractivity contribution is 0.785. The summed E-state index contributed by atoms with van der Waals surface area (Å²) in [6, 6.07) is 4.09. The van der Waals surface area contributed by atoms with Crippen LogP contribution in [-0.2, 0) is 0 Å². The van der Waals surface area contributed by atoms with Gasteiger partial charge in [0.25, 0.3) is 0 Å². The molecule has 0 aliphatic rings. The number of rotatable bonds is 3. The monoisotopic (exact) mass is 175 g/mol. The van der Waals surface area contributed by atoms with Crippen LogP contribution in [0, 0.1) is 24.2 Å². The maximum absolute atomic E-state index is 8.58. The van der Waals surface area contributed by atoms with E-state index in [4.69, 9.17) is 5.26 Å². The van der Waals surface area contributed by atoms with Crippen LogP contribution < -0.4 is 5.32 Å². The zero-order valence-corrected chi connectivity index (χ0v) is 7.91. The normalized spacial score (nSPS) is 11.8. The first kappa shape index (κ1) is 9.53. The van der Waals surface area contributed by atoms with Gasteiger partial charge in [0.2, 0.25) is 0 Å². The number of anilines is 1. The van der Waals surface area contributed by atoms with Gasteiger partial charge in [0.05, 0.1) is 12.0 Å². The molecule has 1 rings (SSSR count). The second-order valence-electron chi connectivity index (χ2n) is 3.10.